The molecular formula is C15H10N4O2. The van der Waals surface area contributed by atoms with E-state index in [4.69, 9.17) is 10.4 Å². The molecule has 0 atom stereocenters. The number of nitriles is 1. The molecule has 102 valence electrons. The van der Waals surface area contributed by atoms with Crippen molar-refractivity contribution in [2.24, 2.45) is 0 Å². The molecule has 0 aliphatic rings. The first-order valence-corrected chi connectivity index (χ1v) is 6.18. The third-order valence-electron chi connectivity index (χ3n) is 3.18. The molecule has 0 unspecified atom stereocenters. The van der Waals surface area contributed by atoms with Gasteiger partial charge in [-0.2, -0.15) is 5.26 Å². The van der Waals surface area contributed by atoms with E-state index in [9.17, 15) is 4.79 Å². The lowest BCUT2D eigenvalue weighted by molar-refractivity contribution is 0.0693. The van der Waals surface area contributed by atoms with Gasteiger partial charge in [0.15, 0.2) is 11.3 Å². The van der Waals surface area contributed by atoms with Crippen LogP contribution in [0.5, 0.6) is 0 Å². The number of aromatic nitrogens is 3. The number of aromatic carboxylic acids is 1. The van der Waals surface area contributed by atoms with Crippen molar-refractivity contribution < 1.29 is 9.90 Å². The quantitative estimate of drug-likeness (QED) is 0.776. The molecule has 0 bridgehead atoms. The Balaban J connectivity index is 2.26. The number of carbonyl (C=O) groups is 1. The first kappa shape index (κ1) is 12.8. The zero-order chi connectivity index (χ0) is 15.0. The van der Waals surface area contributed by atoms with Gasteiger partial charge in [-0.15, -0.1) is 0 Å². The summed E-state index contributed by atoms with van der Waals surface area (Å²) in [5.41, 5.74) is 2.92. The predicted octanol–water partition coefficient (Wildman–Crippen LogP) is 2.27. The van der Waals surface area contributed by atoms with E-state index in [1.54, 1.807) is 22.6 Å². The smallest absolute Gasteiger partial charge is 0.358 e. The molecule has 1 aromatic carbocycles. The van der Waals surface area contributed by atoms with Crippen molar-refractivity contribution in [2.75, 3.05) is 0 Å². The fraction of sp³-hybridized carbons (Fsp3) is 0.0667. The lowest BCUT2D eigenvalue weighted by Gasteiger charge is -2.06. The molecule has 0 saturated carbocycles. The van der Waals surface area contributed by atoms with E-state index in [0.717, 1.165) is 11.3 Å². The van der Waals surface area contributed by atoms with Gasteiger partial charge >= 0.3 is 5.97 Å². The van der Waals surface area contributed by atoms with Crippen molar-refractivity contribution in [2.45, 2.75) is 6.92 Å². The van der Waals surface area contributed by atoms with E-state index in [1.807, 2.05) is 19.1 Å². The van der Waals surface area contributed by atoms with Crippen LogP contribution in [-0.2, 0) is 0 Å². The molecule has 0 fully saturated rings. The van der Waals surface area contributed by atoms with Gasteiger partial charge in [0.2, 0.25) is 0 Å². The minimum atomic E-state index is -1.12. The summed E-state index contributed by atoms with van der Waals surface area (Å²) in [7, 11) is 0. The van der Waals surface area contributed by atoms with Gasteiger partial charge in [-0.05, 0) is 25.1 Å². The number of hydrogen-bond acceptors (Lipinski definition) is 4. The third kappa shape index (κ3) is 2.11. The van der Waals surface area contributed by atoms with Crippen molar-refractivity contribution >= 4 is 11.6 Å². The number of imidazole rings is 1. The largest absolute Gasteiger partial charge is 0.476 e. The normalized spacial score (nSPS) is 10.5. The second kappa shape index (κ2) is 4.72. The maximum atomic E-state index is 11.2. The van der Waals surface area contributed by atoms with Gasteiger partial charge in [-0.1, -0.05) is 12.1 Å². The summed E-state index contributed by atoms with van der Waals surface area (Å²) in [6, 6.07) is 10.9. The summed E-state index contributed by atoms with van der Waals surface area (Å²) in [4.78, 5) is 19.4. The van der Waals surface area contributed by atoms with Crippen molar-refractivity contribution in [1.82, 2.24) is 14.4 Å². The molecule has 3 rings (SSSR count). The van der Waals surface area contributed by atoms with E-state index in [0.29, 0.717) is 16.9 Å². The second-order valence-electron chi connectivity index (χ2n) is 4.57. The highest BCUT2D eigenvalue weighted by Gasteiger charge is 2.15. The van der Waals surface area contributed by atoms with Gasteiger partial charge in [0.1, 0.15) is 6.33 Å². The summed E-state index contributed by atoms with van der Waals surface area (Å²) >= 11 is 0. The average molecular weight is 278 g/mol. The maximum absolute atomic E-state index is 11.2. The number of rotatable bonds is 2. The van der Waals surface area contributed by atoms with Crippen molar-refractivity contribution in [3.63, 3.8) is 0 Å². The van der Waals surface area contributed by atoms with Crippen molar-refractivity contribution in [3.8, 4) is 17.3 Å². The van der Waals surface area contributed by atoms with E-state index in [-0.39, 0.29) is 5.69 Å². The Kier molecular flexibility index (Phi) is 2.88. The van der Waals surface area contributed by atoms with Crippen LogP contribution in [0.15, 0.2) is 36.7 Å². The first-order chi connectivity index (χ1) is 10.1. The fourth-order valence-corrected chi connectivity index (χ4v) is 2.17. The molecule has 1 N–H and O–H groups in total. The number of nitrogens with zero attached hydrogens (tertiary/aromatic N) is 4. The second-order valence-corrected chi connectivity index (χ2v) is 4.57. The molecule has 0 amide bonds. The number of fused-ring (bicyclic) bond motifs is 1. The molecule has 6 nitrogen and oxygen atoms in total. The van der Waals surface area contributed by atoms with Crippen LogP contribution in [0.4, 0.5) is 0 Å². The average Bonchev–Trinajstić information content (AvgIpc) is 2.92. The molecular weight excluding hydrogens is 268 g/mol. The molecule has 2 aromatic heterocycles. The van der Waals surface area contributed by atoms with E-state index < -0.39 is 5.97 Å². The third-order valence-corrected chi connectivity index (χ3v) is 3.18. The highest BCUT2D eigenvalue weighted by Crippen LogP contribution is 2.22. The summed E-state index contributed by atoms with van der Waals surface area (Å²) in [6.45, 7) is 1.85. The van der Waals surface area contributed by atoms with Crippen LogP contribution in [0, 0.1) is 18.3 Å². The van der Waals surface area contributed by atoms with Crippen molar-refractivity contribution in [3.05, 3.63) is 53.6 Å². The number of hydrogen-bond donors (Lipinski definition) is 1. The highest BCUT2D eigenvalue weighted by atomic mass is 16.4. The van der Waals surface area contributed by atoms with Gasteiger partial charge in [0.25, 0.3) is 0 Å². The molecule has 0 aliphatic heterocycles. The number of benzene rings is 1. The summed E-state index contributed by atoms with van der Waals surface area (Å²) in [5, 5.41) is 18.1. The number of aryl methyl sites for hydroxylation is 1. The molecule has 2 heterocycles. The molecule has 0 aliphatic carbocycles. The first-order valence-electron chi connectivity index (χ1n) is 6.18. The SMILES string of the molecule is Cc1cc(-c2cccc(C#N)c2)nc2c(C(=O)O)ncn12. The maximum Gasteiger partial charge on any atom is 0.358 e. The van der Waals surface area contributed by atoms with Crippen LogP contribution < -0.4 is 0 Å². The number of carboxylic acids is 1. The van der Waals surface area contributed by atoms with Gasteiger partial charge in [0, 0.05) is 11.3 Å². The summed E-state index contributed by atoms with van der Waals surface area (Å²) in [6.07, 6.45) is 1.44. The Morgan fingerprint density at radius 3 is 2.90 bits per heavy atom. The molecule has 3 aromatic rings. The molecule has 0 spiro atoms. The summed E-state index contributed by atoms with van der Waals surface area (Å²) in [5.74, 6) is -1.12. The van der Waals surface area contributed by atoms with Crippen LogP contribution >= 0.6 is 0 Å². The van der Waals surface area contributed by atoms with E-state index >= 15 is 0 Å². The van der Waals surface area contributed by atoms with Gasteiger partial charge in [0.05, 0.1) is 17.3 Å². The molecule has 0 saturated heterocycles. The van der Waals surface area contributed by atoms with Crippen LogP contribution in [-0.4, -0.2) is 25.4 Å². The fourth-order valence-electron chi connectivity index (χ4n) is 2.17. The molecule has 0 radical (unpaired) electrons. The van der Waals surface area contributed by atoms with Gasteiger partial charge in [-0.3, -0.25) is 4.40 Å². The monoisotopic (exact) mass is 278 g/mol. The molecule has 6 heteroatoms. The Hall–Kier alpha value is -3.20. The van der Waals surface area contributed by atoms with Crippen LogP contribution in [0.3, 0.4) is 0 Å². The molecule has 21 heavy (non-hydrogen) atoms. The Labute approximate surface area is 119 Å². The zero-order valence-electron chi connectivity index (χ0n) is 11.1. The van der Waals surface area contributed by atoms with E-state index in [1.165, 1.54) is 6.33 Å². The lowest BCUT2D eigenvalue weighted by Crippen LogP contribution is -2.01. The van der Waals surface area contributed by atoms with E-state index in [2.05, 4.69) is 16.0 Å². The Bertz CT molecular complexity index is 906. The Morgan fingerprint density at radius 1 is 1.38 bits per heavy atom. The van der Waals surface area contributed by atoms with Crippen LogP contribution in [0.1, 0.15) is 21.7 Å². The number of carboxylic acid groups (broad SMARTS) is 1. The highest BCUT2D eigenvalue weighted by molar-refractivity contribution is 5.92. The topological polar surface area (TPSA) is 91.3 Å². The predicted molar refractivity (Wildman–Crippen MR) is 74.8 cm³/mol. The minimum Gasteiger partial charge on any atom is -0.476 e. The van der Waals surface area contributed by atoms with Gasteiger partial charge in [-0.25, -0.2) is 14.8 Å². The summed E-state index contributed by atoms with van der Waals surface area (Å²) < 4.78 is 1.63. The van der Waals surface area contributed by atoms with Crippen molar-refractivity contribution in [1.29, 1.82) is 5.26 Å². The van der Waals surface area contributed by atoms with Gasteiger partial charge < -0.3 is 5.11 Å². The Morgan fingerprint density at radius 2 is 2.19 bits per heavy atom. The lowest BCUT2D eigenvalue weighted by atomic mass is 10.1. The van der Waals surface area contributed by atoms with Crippen LogP contribution in [0.2, 0.25) is 0 Å². The zero-order valence-corrected chi connectivity index (χ0v) is 11.1. The minimum absolute atomic E-state index is 0.0867. The standard InChI is InChI=1S/C15H10N4O2/c1-9-5-12(11-4-2-3-10(6-11)7-16)18-14-13(15(20)21)17-8-19(9)14/h2-6,8H,1H3,(H,20,21). The van der Waals surface area contributed by atoms with Crippen LogP contribution in [0.25, 0.3) is 16.9 Å².